The van der Waals surface area contributed by atoms with Crippen LogP contribution in [0.25, 0.3) is 0 Å². The molecule has 0 aliphatic carbocycles. The van der Waals surface area contributed by atoms with Crippen LogP contribution in [-0.2, 0) is 17.7 Å². The van der Waals surface area contributed by atoms with Crippen LogP contribution in [0.3, 0.4) is 0 Å². The minimum absolute atomic E-state index is 0.245. The summed E-state index contributed by atoms with van der Waals surface area (Å²) >= 11 is 2.66. The first-order valence-corrected chi connectivity index (χ1v) is 9.29. The minimum Gasteiger partial charge on any atom is -0.453 e. The molecule has 0 bridgehead atoms. The number of hydrogen-bond donors (Lipinski definition) is 2. The Bertz CT molecular complexity index is 814. The van der Waals surface area contributed by atoms with Crippen LogP contribution >= 0.6 is 22.7 Å². The molecule has 3 amide bonds. The number of fused-ring (bicyclic) bond motifs is 1. The highest BCUT2D eigenvalue weighted by molar-refractivity contribution is 7.17. The van der Waals surface area contributed by atoms with Crippen molar-refractivity contribution in [2.45, 2.75) is 13.0 Å². The second-order valence-electron chi connectivity index (χ2n) is 5.36. The lowest BCUT2D eigenvalue weighted by Gasteiger charge is -2.25. The van der Waals surface area contributed by atoms with Crippen molar-refractivity contribution in [3.8, 4) is 0 Å². The Morgan fingerprint density at radius 3 is 2.72 bits per heavy atom. The van der Waals surface area contributed by atoms with E-state index in [1.807, 2.05) is 5.38 Å². The second-order valence-corrected chi connectivity index (χ2v) is 7.41. The largest absolute Gasteiger partial charge is 0.453 e. The fourth-order valence-corrected chi connectivity index (χ4v) is 4.59. The molecule has 0 radical (unpaired) electrons. The molecule has 0 spiro atoms. The van der Waals surface area contributed by atoms with Crippen LogP contribution in [0.4, 0.5) is 9.80 Å². The highest BCUT2D eigenvalue weighted by Gasteiger charge is 2.30. The van der Waals surface area contributed by atoms with Gasteiger partial charge in [-0.15, -0.1) is 22.7 Å². The maximum Gasteiger partial charge on any atom is 0.409 e. The summed E-state index contributed by atoms with van der Waals surface area (Å²) in [6.07, 6.45) is 0.142. The Hall–Kier alpha value is -2.39. The molecule has 0 aromatic carbocycles. The number of carbonyl (C=O) groups excluding carboxylic acids is 3. The topological polar surface area (TPSA) is 87.7 Å². The number of thiophene rings is 2. The van der Waals surface area contributed by atoms with E-state index in [1.54, 1.807) is 24.1 Å². The van der Waals surface area contributed by atoms with Crippen LogP contribution in [0.2, 0.25) is 0 Å². The van der Waals surface area contributed by atoms with Crippen molar-refractivity contribution in [3.63, 3.8) is 0 Å². The predicted octanol–water partition coefficient (Wildman–Crippen LogP) is 2.55. The zero-order chi connectivity index (χ0) is 18.0. The van der Waals surface area contributed by atoms with E-state index in [2.05, 4.69) is 10.6 Å². The molecule has 3 heterocycles. The smallest absolute Gasteiger partial charge is 0.409 e. The van der Waals surface area contributed by atoms with Gasteiger partial charge in [-0.1, -0.05) is 6.07 Å². The molecule has 1 aliphatic rings. The molecule has 0 saturated carbocycles. The first-order valence-electron chi connectivity index (χ1n) is 7.59. The van der Waals surface area contributed by atoms with Crippen molar-refractivity contribution in [2.75, 3.05) is 26.0 Å². The van der Waals surface area contributed by atoms with Gasteiger partial charge in [-0.05, 0) is 23.4 Å². The molecule has 1 aliphatic heterocycles. The molecule has 7 nitrogen and oxygen atoms in total. The lowest BCUT2D eigenvalue weighted by Crippen LogP contribution is -2.35. The van der Waals surface area contributed by atoms with E-state index in [0.29, 0.717) is 35.0 Å². The maximum absolute atomic E-state index is 12.4. The molecule has 0 saturated heterocycles. The summed E-state index contributed by atoms with van der Waals surface area (Å²) in [4.78, 5) is 39.5. The lowest BCUT2D eigenvalue weighted by molar-refractivity contribution is 0.0962. The molecule has 9 heteroatoms. The van der Waals surface area contributed by atoms with E-state index in [1.165, 1.54) is 29.8 Å². The Morgan fingerprint density at radius 1 is 1.28 bits per heavy atom. The molecule has 2 aromatic rings. The van der Waals surface area contributed by atoms with E-state index in [4.69, 9.17) is 4.74 Å². The number of nitrogens with one attached hydrogen (secondary N) is 2. The molecule has 2 N–H and O–H groups in total. The number of nitrogens with zero attached hydrogens (tertiary/aromatic N) is 1. The highest BCUT2D eigenvalue weighted by Crippen LogP contribution is 2.37. The van der Waals surface area contributed by atoms with Crippen LogP contribution in [0.5, 0.6) is 0 Å². The molecule has 25 heavy (non-hydrogen) atoms. The normalized spacial score (nSPS) is 13.1. The molecule has 0 atom stereocenters. The number of methoxy groups -OCH3 is 1. The van der Waals surface area contributed by atoms with Crippen molar-refractivity contribution in [1.29, 1.82) is 0 Å². The van der Waals surface area contributed by atoms with Gasteiger partial charge in [0, 0.05) is 18.5 Å². The van der Waals surface area contributed by atoms with Gasteiger partial charge in [0.05, 0.1) is 24.1 Å². The van der Waals surface area contributed by atoms with Crippen molar-refractivity contribution >= 4 is 45.6 Å². The molecular formula is C16H17N3O4S2. The van der Waals surface area contributed by atoms with E-state index in [-0.39, 0.29) is 11.8 Å². The lowest BCUT2D eigenvalue weighted by atomic mass is 10.0. The van der Waals surface area contributed by atoms with Crippen LogP contribution in [-0.4, -0.2) is 43.5 Å². The van der Waals surface area contributed by atoms with E-state index in [9.17, 15) is 14.4 Å². The molecule has 0 fully saturated rings. The third kappa shape index (κ3) is 3.38. The Morgan fingerprint density at radius 2 is 2.08 bits per heavy atom. The van der Waals surface area contributed by atoms with Gasteiger partial charge in [0.15, 0.2) is 0 Å². The van der Waals surface area contributed by atoms with Gasteiger partial charge >= 0.3 is 6.09 Å². The number of rotatable bonds is 3. The van der Waals surface area contributed by atoms with E-state index >= 15 is 0 Å². The fourth-order valence-electron chi connectivity index (χ4n) is 2.71. The Labute approximate surface area is 152 Å². The number of anilines is 1. The first-order chi connectivity index (χ1) is 12.0. The van der Waals surface area contributed by atoms with Crippen LogP contribution in [0, 0.1) is 0 Å². The maximum atomic E-state index is 12.4. The predicted molar refractivity (Wildman–Crippen MR) is 96.5 cm³/mol. The van der Waals surface area contributed by atoms with Gasteiger partial charge in [-0.25, -0.2) is 4.79 Å². The molecule has 132 valence electrons. The number of amides is 3. The summed E-state index contributed by atoms with van der Waals surface area (Å²) in [7, 11) is 2.90. The Kier molecular flexibility index (Phi) is 5.05. The fraction of sp³-hybridized carbons (Fsp3) is 0.312. The summed E-state index contributed by atoms with van der Waals surface area (Å²) in [5.41, 5.74) is 1.36. The van der Waals surface area contributed by atoms with Crippen LogP contribution < -0.4 is 10.6 Å². The van der Waals surface area contributed by atoms with Crippen LogP contribution in [0.15, 0.2) is 17.5 Å². The first kappa shape index (κ1) is 17.4. The average Bonchev–Trinajstić information content (AvgIpc) is 3.27. The van der Waals surface area contributed by atoms with Gasteiger partial charge in [0.25, 0.3) is 11.8 Å². The van der Waals surface area contributed by atoms with Gasteiger partial charge in [0.2, 0.25) is 0 Å². The summed E-state index contributed by atoms with van der Waals surface area (Å²) in [5.74, 6) is -0.492. The molecule has 2 aromatic heterocycles. The molecule has 3 rings (SSSR count). The van der Waals surface area contributed by atoms with Crippen molar-refractivity contribution < 1.29 is 19.1 Å². The zero-order valence-electron chi connectivity index (χ0n) is 13.8. The quantitative estimate of drug-likeness (QED) is 0.858. The Balaban J connectivity index is 1.93. The standard InChI is InChI=1S/C16H17N3O4S2/c1-17-14(21)12-9-5-6-19(16(22)23-2)8-11(9)25-15(12)18-13(20)10-4-3-7-24-10/h3-4,7H,5-6,8H2,1-2H3,(H,17,21)(H,18,20). The summed E-state index contributed by atoms with van der Waals surface area (Å²) in [6.45, 7) is 0.838. The minimum atomic E-state index is -0.398. The summed E-state index contributed by atoms with van der Waals surface area (Å²) in [6, 6.07) is 3.53. The number of ether oxygens (including phenoxy) is 1. The van der Waals surface area contributed by atoms with Crippen molar-refractivity contribution in [1.82, 2.24) is 10.2 Å². The second kappa shape index (κ2) is 7.24. The monoisotopic (exact) mass is 379 g/mol. The van der Waals surface area contributed by atoms with E-state index in [0.717, 1.165) is 10.4 Å². The van der Waals surface area contributed by atoms with Gasteiger partial charge in [-0.2, -0.15) is 0 Å². The number of carbonyl (C=O) groups is 3. The zero-order valence-corrected chi connectivity index (χ0v) is 15.4. The highest BCUT2D eigenvalue weighted by atomic mass is 32.1. The van der Waals surface area contributed by atoms with Crippen LogP contribution in [0.1, 0.15) is 30.5 Å². The molecular weight excluding hydrogens is 362 g/mol. The average molecular weight is 379 g/mol. The summed E-state index contributed by atoms with van der Waals surface area (Å²) < 4.78 is 4.77. The van der Waals surface area contributed by atoms with Crippen molar-refractivity contribution in [3.05, 3.63) is 38.4 Å². The van der Waals surface area contributed by atoms with Gasteiger partial charge < -0.3 is 20.3 Å². The summed E-state index contributed by atoms with van der Waals surface area (Å²) in [5, 5.41) is 7.79. The molecule has 0 unspecified atom stereocenters. The van der Waals surface area contributed by atoms with E-state index < -0.39 is 6.09 Å². The third-order valence-electron chi connectivity index (χ3n) is 3.92. The third-order valence-corrected chi connectivity index (χ3v) is 5.92. The van der Waals surface area contributed by atoms with Crippen molar-refractivity contribution in [2.24, 2.45) is 0 Å². The SMILES string of the molecule is CNC(=O)c1c(NC(=O)c2cccs2)sc2c1CCN(C(=O)OC)C2. The van der Waals surface area contributed by atoms with Gasteiger partial charge in [-0.3, -0.25) is 9.59 Å². The van der Waals surface area contributed by atoms with Gasteiger partial charge in [0.1, 0.15) is 5.00 Å². The number of hydrogen-bond acceptors (Lipinski definition) is 6.